The zero-order chi connectivity index (χ0) is 20.5. The molecule has 29 heavy (non-hydrogen) atoms. The third kappa shape index (κ3) is 3.31. The molecule has 0 bridgehead atoms. The Morgan fingerprint density at radius 1 is 1.24 bits per heavy atom. The molecule has 7 nitrogen and oxygen atoms in total. The maximum Gasteiger partial charge on any atom is 0.260 e. The molecule has 146 valence electrons. The van der Waals surface area contributed by atoms with Gasteiger partial charge in [0.25, 0.3) is 5.91 Å². The Labute approximate surface area is 168 Å². The first-order chi connectivity index (χ1) is 14.0. The van der Waals surface area contributed by atoms with Gasteiger partial charge in [-0.25, -0.2) is 9.97 Å². The number of hydrogen-bond donors (Lipinski definition) is 1. The standard InChI is InChI=1S/C22H22N6O/c1-5-9-27-12-17(11-25-27)22(29)26-20-19-15(3)16(4)28(21(19)24-13-23-20)18-8-6-7-14(2)10-18/h5-8,10-13H,1,9H2,2-4H3,(H,23,24,26,29). The van der Waals surface area contributed by atoms with Gasteiger partial charge >= 0.3 is 0 Å². The topological polar surface area (TPSA) is 77.6 Å². The molecule has 0 aliphatic rings. The molecular formula is C22H22N6O. The summed E-state index contributed by atoms with van der Waals surface area (Å²) in [5, 5.41) is 7.91. The van der Waals surface area contributed by atoms with Crippen molar-refractivity contribution in [2.24, 2.45) is 0 Å². The number of aromatic nitrogens is 5. The van der Waals surface area contributed by atoms with Crippen LogP contribution in [0, 0.1) is 20.8 Å². The fourth-order valence-electron chi connectivity index (χ4n) is 3.47. The molecule has 1 aromatic carbocycles. The van der Waals surface area contributed by atoms with E-state index in [1.165, 1.54) is 18.1 Å². The van der Waals surface area contributed by atoms with E-state index in [4.69, 9.17) is 0 Å². The number of fused-ring (bicyclic) bond motifs is 1. The van der Waals surface area contributed by atoms with Crippen molar-refractivity contribution >= 4 is 22.8 Å². The second-order valence-electron chi connectivity index (χ2n) is 7.00. The largest absolute Gasteiger partial charge is 0.306 e. The number of nitrogens with zero attached hydrogens (tertiary/aromatic N) is 5. The van der Waals surface area contributed by atoms with Crippen LogP contribution in [0.5, 0.6) is 0 Å². The monoisotopic (exact) mass is 386 g/mol. The zero-order valence-electron chi connectivity index (χ0n) is 16.7. The smallest absolute Gasteiger partial charge is 0.260 e. The van der Waals surface area contributed by atoms with Crippen molar-refractivity contribution in [2.45, 2.75) is 27.3 Å². The molecule has 3 heterocycles. The fourth-order valence-corrected chi connectivity index (χ4v) is 3.47. The second-order valence-corrected chi connectivity index (χ2v) is 7.00. The highest BCUT2D eigenvalue weighted by molar-refractivity contribution is 6.08. The van der Waals surface area contributed by atoms with E-state index in [0.29, 0.717) is 17.9 Å². The van der Waals surface area contributed by atoms with Crippen LogP contribution in [-0.2, 0) is 6.54 Å². The van der Waals surface area contributed by atoms with Gasteiger partial charge in [0.2, 0.25) is 0 Å². The van der Waals surface area contributed by atoms with Gasteiger partial charge in [0, 0.05) is 17.6 Å². The molecule has 0 saturated heterocycles. The Hall–Kier alpha value is -3.74. The van der Waals surface area contributed by atoms with Crippen LogP contribution in [0.3, 0.4) is 0 Å². The maximum absolute atomic E-state index is 12.7. The molecule has 0 saturated carbocycles. The van der Waals surface area contributed by atoms with E-state index in [9.17, 15) is 4.79 Å². The first-order valence-electron chi connectivity index (χ1n) is 9.34. The molecule has 3 aromatic heterocycles. The summed E-state index contributed by atoms with van der Waals surface area (Å²) in [5.41, 5.74) is 5.51. The number of carbonyl (C=O) groups excluding carboxylic acids is 1. The molecular weight excluding hydrogens is 364 g/mol. The van der Waals surface area contributed by atoms with Gasteiger partial charge in [-0.1, -0.05) is 18.2 Å². The van der Waals surface area contributed by atoms with E-state index in [-0.39, 0.29) is 5.91 Å². The van der Waals surface area contributed by atoms with Crippen LogP contribution in [-0.4, -0.2) is 30.2 Å². The van der Waals surface area contributed by atoms with Gasteiger partial charge in [0.15, 0.2) is 5.65 Å². The first kappa shape index (κ1) is 18.6. The Bertz CT molecular complexity index is 1230. The molecule has 0 fully saturated rings. The van der Waals surface area contributed by atoms with Crippen LogP contribution in [0.2, 0.25) is 0 Å². The minimum atomic E-state index is -0.263. The molecule has 1 amide bonds. The van der Waals surface area contributed by atoms with E-state index < -0.39 is 0 Å². The molecule has 7 heteroatoms. The fraction of sp³-hybridized carbons (Fsp3) is 0.182. The van der Waals surface area contributed by atoms with E-state index in [1.54, 1.807) is 17.0 Å². The highest BCUT2D eigenvalue weighted by atomic mass is 16.1. The van der Waals surface area contributed by atoms with Crippen molar-refractivity contribution in [3.05, 3.63) is 78.0 Å². The molecule has 0 spiro atoms. The number of rotatable bonds is 5. The average Bonchev–Trinajstić information content (AvgIpc) is 3.26. The van der Waals surface area contributed by atoms with Gasteiger partial charge < -0.3 is 5.32 Å². The van der Waals surface area contributed by atoms with Gasteiger partial charge in [0.1, 0.15) is 12.1 Å². The summed E-state index contributed by atoms with van der Waals surface area (Å²) in [5.74, 6) is 0.226. The van der Waals surface area contributed by atoms with Gasteiger partial charge in [-0.3, -0.25) is 14.0 Å². The van der Waals surface area contributed by atoms with Crippen molar-refractivity contribution in [3.8, 4) is 5.69 Å². The number of aryl methyl sites for hydroxylation is 2. The minimum Gasteiger partial charge on any atom is -0.306 e. The maximum atomic E-state index is 12.7. The summed E-state index contributed by atoms with van der Waals surface area (Å²) in [7, 11) is 0. The van der Waals surface area contributed by atoms with E-state index in [2.05, 4.69) is 50.6 Å². The number of anilines is 1. The number of nitrogens with one attached hydrogen (secondary N) is 1. The zero-order valence-corrected chi connectivity index (χ0v) is 16.7. The SMILES string of the molecule is C=CCn1cc(C(=O)Nc2ncnc3c2c(C)c(C)n3-c2cccc(C)c2)cn1. The second kappa shape index (κ2) is 7.35. The predicted molar refractivity (Wildman–Crippen MR) is 113 cm³/mol. The van der Waals surface area contributed by atoms with Crippen molar-refractivity contribution in [1.82, 2.24) is 24.3 Å². The van der Waals surface area contributed by atoms with Crippen molar-refractivity contribution in [3.63, 3.8) is 0 Å². The van der Waals surface area contributed by atoms with E-state index in [0.717, 1.165) is 28.0 Å². The van der Waals surface area contributed by atoms with Gasteiger partial charge in [0.05, 0.1) is 23.7 Å². The van der Waals surface area contributed by atoms with Crippen molar-refractivity contribution in [1.29, 1.82) is 0 Å². The Morgan fingerprint density at radius 3 is 2.83 bits per heavy atom. The van der Waals surface area contributed by atoms with Crippen LogP contribution in [0.1, 0.15) is 27.2 Å². The Kier molecular flexibility index (Phi) is 4.72. The number of amides is 1. The number of allylic oxidation sites excluding steroid dienone is 1. The molecule has 4 rings (SSSR count). The first-order valence-corrected chi connectivity index (χ1v) is 9.34. The minimum absolute atomic E-state index is 0.263. The molecule has 0 aliphatic carbocycles. The van der Waals surface area contributed by atoms with Gasteiger partial charge in [-0.15, -0.1) is 6.58 Å². The molecule has 4 aromatic rings. The van der Waals surface area contributed by atoms with E-state index >= 15 is 0 Å². The summed E-state index contributed by atoms with van der Waals surface area (Å²) < 4.78 is 3.75. The summed E-state index contributed by atoms with van der Waals surface area (Å²) in [4.78, 5) is 21.6. The molecule has 1 N–H and O–H groups in total. The van der Waals surface area contributed by atoms with Gasteiger partial charge in [-0.2, -0.15) is 5.10 Å². The van der Waals surface area contributed by atoms with E-state index in [1.807, 2.05) is 26.0 Å². The third-order valence-electron chi connectivity index (χ3n) is 5.00. The number of hydrogen-bond acceptors (Lipinski definition) is 4. The molecule has 0 unspecified atom stereocenters. The number of carbonyl (C=O) groups is 1. The highest BCUT2D eigenvalue weighted by Crippen LogP contribution is 2.31. The van der Waals surface area contributed by atoms with Gasteiger partial charge in [-0.05, 0) is 44.0 Å². The normalized spacial score (nSPS) is 11.0. The van der Waals surface area contributed by atoms with Crippen LogP contribution >= 0.6 is 0 Å². The summed E-state index contributed by atoms with van der Waals surface area (Å²) in [6.45, 7) is 10.4. The molecule has 0 radical (unpaired) electrons. The summed E-state index contributed by atoms with van der Waals surface area (Å²) >= 11 is 0. The van der Waals surface area contributed by atoms with Crippen LogP contribution in [0.4, 0.5) is 5.82 Å². The van der Waals surface area contributed by atoms with Crippen molar-refractivity contribution in [2.75, 3.05) is 5.32 Å². The van der Waals surface area contributed by atoms with Crippen LogP contribution in [0.15, 0.2) is 55.6 Å². The van der Waals surface area contributed by atoms with Crippen molar-refractivity contribution < 1.29 is 4.79 Å². The number of benzene rings is 1. The highest BCUT2D eigenvalue weighted by Gasteiger charge is 2.19. The lowest BCUT2D eigenvalue weighted by atomic mass is 10.2. The van der Waals surface area contributed by atoms with Crippen LogP contribution < -0.4 is 5.32 Å². The quantitative estimate of drug-likeness (QED) is 0.526. The predicted octanol–water partition coefficient (Wildman–Crippen LogP) is 3.98. The Balaban J connectivity index is 1.77. The lowest BCUT2D eigenvalue weighted by molar-refractivity contribution is 0.102. The Morgan fingerprint density at radius 2 is 2.07 bits per heavy atom. The lowest BCUT2D eigenvalue weighted by Crippen LogP contribution is -2.13. The third-order valence-corrected chi connectivity index (χ3v) is 5.00. The lowest BCUT2D eigenvalue weighted by Gasteiger charge is -2.09. The van der Waals surface area contributed by atoms with Crippen LogP contribution in [0.25, 0.3) is 16.7 Å². The summed E-state index contributed by atoms with van der Waals surface area (Å²) in [6.07, 6.45) is 6.42. The average molecular weight is 386 g/mol. The molecule has 0 aliphatic heterocycles. The summed E-state index contributed by atoms with van der Waals surface area (Å²) in [6, 6.07) is 8.24. The molecule has 0 atom stereocenters.